The normalized spacial score (nSPS) is 21.5. The van der Waals surface area contributed by atoms with Crippen molar-refractivity contribution in [2.24, 2.45) is 4.99 Å². The number of rotatable bonds is 2. The van der Waals surface area contributed by atoms with E-state index in [1.54, 1.807) is 4.90 Å². The Balaban J connectivity index is 1.67. The van der Waals surface area contributed by atoms with Gasteiger partial charge >= 0.3 is 0 Å². The molecule has 0 aromatic heterocycles. The van der Waals surface area contributed by atoms with Crippen molar-refractivity contribution in [1.82, 2.24) is 4.90 Å². The number of amides is 1. The molecule has 5 heteroatoms. The lowest BCUT2D eigenvalue weighted by Gasteiger charge is -2.32. The second-order valence-electron chi connectivity index (χ2n) is 5.81. The lowest BCUT2D eigenvalue weighted by atomic mass is 10.1. The number of likely N-dealkylation sites (N-methyl/N-ethyl adjacent to an activating group) is 1. The van der Waals surface area contributed by atoms with Crippen LogP contribution in [0.2, 0.25) is 0 Å². The molecule has 3 rings (SSSR count). The summed E-state index contributed by atoms with van der Waals surface area (Å²) in [6, 6.07) is 8.20. The smallest absolute Gasteiger partial charge is 0.286 e. The fourth-order valence-corrected chi connectivity index (χ4v) is 3.68. The van der Waals surface area contributed by atoms with E-state index in [2.05, 4.69) is 35.9 Å². The molecule has 2 aliphatic heterocycles. The zero-order valence-electron chi connectivity index (χ0n) is 13.1. The molecule has 1 N–H and O–H groups in total. The quantitative estimate of drug-likeness (QED) is 0.833. The standard InChI is InChI=1S/C17H21N3OS/c1-3-19-8-10-20(11-9-19)17-18-16(21)15(22-17)12-14-6-4-13(2)5-7-14/h4-7,12H,3,8-11H2,1-2H3/p+1/b15-12-. The van der Waals surface area contributed by atoms with Gasteiger partial charge in [-0.3, -0.25) is 4.79 Å². The van der Waals surface area contributed by atoms with Crippen molar-refractivity contribution < 1.29 is 9.69 Å². The third kappa shape index (κ3) is 3.42. The van der Waals surface area contributed by atoms with Gasteiger partial charge in [0.15, 0.2) is 5.17 Å². The molecular formula is C17H22N3OS+. The van der Waals surface area contributed by atoms with E-state index >= 15 is 0 Å². The van der Waals surface area contributed by atoms with Gasteiger partial charge < -0.3 is 9.80 Å². The number of quaternary nitrogens is 1. The number of aliphatic imine (C=N–C) groups is 1. The molecule has 1 saturated heterocycles. The van der Waals surface area contributed by atoms with Crippen molar-refractivity contribution in [2.75, 3.05) is 32.7 Å². The molecule has 0 bridgehead atoms. The number of carbonyl (C=O) groups excluding carboxylic acids is 1. The van der Waals surface area contributed by atoms with E-state index in [4.69, 9.17) is 0 Å². The zero-order chi connectivity index (χ0) is 15.5. The number of piperazine rings is 1. The number of nitrogens with one attached hydrogen (secondary N) is 1. The highest BCUT2D eigenvalue weighted by Crippen LogP contribution is 2.30. The summed E-state index contributed by atoms with van der Waals surface area (Å²) in [5.41, 5.74) is 2.28. The van der Waals surface area contributed by atoms with Crippen LogP contribution in [0.1, 0.15) is 18.1 Å². The van der Waals surface area contributed by atoms with Crippen LogP contribution in [-0.2, 0) is 4.79 Å². The lowest BCUT2D eigenvalue weighted by molar-refractivity contribution is -0.902. The van der Waals surface area contributed by atoms with Crippen LogP contribution in [0.5, 0.6) is 0 Å². The third-order valence-corrected chi connectivity index (χ3v) is 5.27. The number of aryl methyl sites for hydroxylation is 1. The molecule has 1 aromatic rings. The molecule has 4 nitrogen and oxygen atoms in total. The first-order chi connectivity index (χ1) is 10.7. The summed E-state index contributed by atoms with van der Waals surface area (Å²) in [6.45, 7) is 9.68. The van der Waals surface area contributed by atoms with Crippen molar-refractivity contribution in [3.8, 4) is 0 Å². The Bertz CT molecular complexity index is 613. The second-order valence-corrected chi connectivity index (χ2v) is 6.82. The number of carbonyl (C=O) groups is 1. The molecule has 116 valence electrons. The largest absolute Gasteiger partial charge is 0.339 e. The number of thioether (sulfide) groups is 1. The van der Waals surface area contributed by atoms with Crippen LogP contribution in [0.4, 0.5) is 0 Å². The molecule has 0 aliphatic carbocycles. The van der Waals surface area contributed by atoms with E-state index in [-0.39, 0.29) is 5.91 Å². The van der Waals surface area contributed by atoms with Gasteiger partial charge in [0.05, 0.1) is 37.6 Å². The van der Waals surface area contributed by atoms with Crippen LogP contribution in [0.3, 0.4) is 0 Å². The van der Waals surface area contributed by atoms with Crippen molar-refractivity contribution in [2.45, 2.75) is 13.8 Å². The van der Waals surface area contributed by atoms with Crippen molar-refractivity contribution in [3.05, 3.63) is 40.3 Å². The van der Waals surface area contributed by atoms with Gasteiger partial charge in [0.1, 0.15) is 0 Å². The van der Waals surface area contributed by atoms with Crippen molar-refractivity contribution >= 4 is 28.9 Å². The average molecular weight is 316 g/mol. The summed E-state index contributed by atoms with van der Waals surface area (Å²) < 4.78 is 0. The SMILES string of the molecule is CC[NH+]1CCN(C2=NC(=O)/C(=C/c3ccc(C)cc3)S2)CC1. The second kappa shape index (κ2) is 6.67. The van der Waals surface area contributed by atoms with Crippen LogP contribution < -0.4 is 4.90 Å². The highest BCUT2D eigenvalue weighted by atomic mass is 32.2. The summed E-state index contributed by atoms with van der Waals surface area (Å²) in [5, 5.41) is 0.874. The Morgan fingerprint density at radius 2 is 1.95 bits per heavy atom. The predicted molar refractivity (Wildman–Crippen MR) is 92.0 cm³/mol. The number of hydrogen-bond acceptors (Lipinski definition) is 3. The lowest BCUT2D eigenvalue weighted by Crippen LogP contribution is -3.14. The average Bonchev–Trinajstić information content (AvgIpc) is 2.91. The number of benzene rings is 1. The first-order valence-electron chi connectivity index (χ1n) is 7.83. The molecule has 2 heterocycles. The van der Waals surface area contributed by atoms with E-state index in [0.717, 1.165) is 41.8 Å². The van der Waals surface area contributed by atoms with Gasteiger partial charge in [0, 0.05) is 0 Å². The third-order valence-electron chi connectivity index (χ3n) is 4.23. The molecule has 1 aromatic carbocycles. The molecule has 0 atom stereocenters. The van der Waals surface area contributed by atoms with Crippen LogP contribution in [0.15, 0.2) is 34.2 Å². The molecule has 1 amide bonds. The van der Waals surface area contributed by atoms with Crippen LogP contribution in [0, 0.1) is 6.92 Å². The summed E-state index contributed by atoms with van der Waals surface area (Å²) in [4.78, 5) is 21.0. The summed E-state index contributed by atoms with van der Waals surface area (Å²) in [6.07, 6.45) is 1.94. The monoisotopic (exact) mass is 316 g/mol. The van der Waals surface area contributed by atoms with Crippen molar-refractivity contribution in [3.63, 3.8) is 0 Å². The molecule has 0 saturated carbocycles. The van der Waals surface area contributed by atoms with Gasteiger partial charge in [-0.2, -0.15) is 4.99 Å². The molecular weight excluding hydrogens is 294 g/mol. The minimum Gasteiger partial charge on any atom is -0.339 e. The van der Waals surface area contributed by atoms with Gasteiger partial charge in [-0.05, 0) is 37.2 Å². The molecule has 0 unspecified atom stereocenters. The highest BCUT2D eigenvalue weighted by molar-refractivity contribution is 8.18. The molecule has 0 spiro atoms. The number of amidine groups is 1. The zero-order valence-corrected chi connectivity index (χ0v) is 13.9. The first kappa shape index (κ1) is 15.3. The Kier molecular flexibility index (Phi) is 4.64. The summed E-state index contributed by atoms with van der Waals surface area (Å²) in [5.74, 6) is -0.106. The molecule has 22 heavy (non-hydrogen) atoms. The minimum absolute atomic E-state index is 0.106. The Hall–Kier alpha value is -1.59. The number of nitrogens with zero attached hydrogens (tertiary/aromatic N) is 2. The van der Waals surface area contributed by atoms with E-state index in [0.29, 0.717) is 0 Å². The summed E-state index contributed by atoms with van der Waals surface area (Å²) in [7, 11) is 0. The number of hydrogen-bond donors (Lipinski definition) is 1. The van der Waals surface area contributed by atoms with Crippen LogP contribution >= 0.6 is 11.8 Å². The molecule has 0 radical (unpaired) electrons. The van der Waals surface area contributed by atoms with Crippen molar-refractivity contribution in [1.29, 1.82) is 0 Å². The topological polar surface area (TPSA) is 37.1 Å². The maximum Gasteiger partial charge on any atom is 0.286 e. The van der Waals surface area contributed by atoms with Gasteiger partial charge in [0.2, 0.25) is 0 Å². The van der Waals surface area contributed by atoms with E-state index in [1.807, 2.05) is 18.2 Å². The highest BCUT2D eigenvalue weighted by Gasteiger charge is 2.29. The fourth-order valence-electron chi connectivity index (χ4n) is 2.72. The Morgan fingerprint density at radius 3 is 2.59 bits per heavy atom. The predicted octanol–water partition coefficient (Wildman–Crippen LogP) is 1.19. The Morgan fingerprint density at radius 1 is 1.27 bits per heavy atom. The van der Waals surface area contributed by atoms with Crippen LogP contribution in [0.25, 0.3) is 6.08 Å². The van der Waals surface area contributed by atoms with Gasteiger partial charge in [-0.1, -0.05) is 29.8 Å². The minimum atomic E-state index is -0.106. The van der Waals surface area contributed by atoms with E-state index in [1.165, 1.54) is 23.9 Å². The van der Waals surface area contributed by atoms with Gasteiger partial charge in [-0.15, -0.1) is 0 Å². The maximum absolute atomic E-state index is 12.1. The maximum atomic E-state index is 12.1. The van der Waals surface area contributed by atoms with Crippen LogP contribution in [-0.4, -0.2) is 48.7 Å². The molecule has 2 aliphatic rings. The van der Waals surface area contributed by atoms with E-state index in [9.17, 15) is 4.79 Å². The van der Waals surface area contributed by atoms with Gasteiger partial charge in [-0.25, -0.2) is 0 Å². The van der Waals surface area contributed by atoms with Gasteiger partial charge in [0.25, 0.3) is 5.91 Å². The summed E-state index contributed by atoms with van der Waals surface area (Å²) >= 11 is 1.51. The first-order valence-corrected chi connectivity index (χ1v) is 8.65. The Labute approximate surface area is 135 Å². The van der Waals surface area contributed by atoms with E-state index < -0.39 is 0 Å². The molecule has 1 fully saturated rings. The fraction of sp³-hybridized carbons (Fsp3) is 0.412.